The molecule has 0 aliphatic carbocycles. The molecule has 0 amide bonds. The molecule has 0 bridgehead atoms. The van der Waals surface area contributed by atoms with Crippen LogP contribution in [0.1, 0.15) is 20.3 Å². The Kier molecular flexibility index (Phi) is 5.43. The first-order valence-electron chi connectivity index (χ1n) is 4.03. The average Bonchev–Trinajstić information content (AvgIpc) is 1.97. The number of allylic oxidation sites excluding steroid dienone is 5. The highest BCUT2D eigenvalue weighted by Gasteiger charge is 1.93. The van der Waals surface area contributed by atoms with Gasteiger partial charge in [0.05, 0.1) is 0 Å². The minimum atomic E-state index is -0.907. The van der Waals surface area contributed by atoms with Crippen LogP contribution < -0.4 is 0 Å². The van der Waals surface area contributed by atoms with E-state index in [0.29, 0.717) is 5.47 Å². The topological polar surface area (TPSA) is 0 Å². The van der Waals surface area contributed by atoms with Crippen LogP contribution in [0.4, 0.5) is 4.39 Å². The molecular weight excluding hydrogens is 150 g/mol. The second-order valence-electron chi connectivity index (χ2n) is 2.68. The molecule has 0 saturated heterocycles. The highest BCUT2D eigenvalue weighted by molar-refractivity contribution is 6.23. The fourth-order valence-corrected chi connectivity index (χ4v) is 0.800. The molecule has 0 aromatic rings. The Morgan fingerprint density at radius 1 is 1.58 bits per heavy atom. The Morgan fingerprint density at radius 2 is 2.17 bits per heavy atom. The number of alkyl halides is 1. The average molecular weight is 164 g/mol. The van der Waals surface area contributed by atoms with Crippen LogP contribution in [0.5, 0.6) is 0 Å². The van der Waals surface area contributed by atoms with Gasteiger partial charge in [-0.1, -0.05) is 19.1 Å². The first-order chi connectivity index (χ1) is 5.56. The van der Waals surface area contributed by atoms with E-state index in [0.717, 1.165) is 12.0 Å². The monoisotopic (exact) mass is 164 g/mol. The zero-order chi connectivity index (χ0) is 9.56. The Balaban J connectivity index is 4.27. The molecule has 0 rings (SSSR count). The first-order valence-corrected chi connectivity index (χ1v) is 4.03. The lowest BCUT2D eigenvalue weighted by Gasteiger charge is -1.98. The maximum absolute atomic E-state index is 12.5. The summed E-state index contributed by atoms with van der Waals surface area (Å²) in [7, 11) is 5.32. The zero-order valence-corrected chi connectivity index (χ0v) is 7.68. The lowest BCUT2D eigenvalue weighted by molar-refractivity contribution is 0.429. The maximum atomic E-state index is 12.5. The van der Waals surface area contributed by atoms with E-state index in [4.69, 9.17) is 7.85 Å². The van der Waals surface area contributed by atoms with Gasteiger partial charge in [-0.25, -0.2) is 4.39 Å². The van der Waals surface area contributed by atoms with Crippen molar-refractivity contribution in [2.45, 2.75) is 26.4 Å². The van der Waals surface area contributed by atoms with Crippen molar-refractivity contribution in [3.05, 3.63) is 35.9 Å². The van der Waals surface area contributed by atoms with Crippen LogP contribution in [0, 0.1) is 0 Å². The summed E-state index contributed by atoms with van der Waals surface area (Å²) in [5, 5.41) is 0. The molecule has 0 aliphatic rings. The molecule has 12 heavy (non-hydrogen) atoms. The summed E-state index contributed by atoms with van der Waals surface area (Å²) in [5.74, 6) is 0. The summed E-state index contributed by atoms with van der Waals surface area (Å²) in [6, 6.07) is 0. The Labute approximate surface area is 75.3 Å². The molecule has 1 unspecified atom stereocenters. The van der Waals surface area contributed by atoms with Crippen LogP contribution in [0.25, 0.3) is 0 Å². The van der Waals surface area contributed by atoms with E-state index in [-0.39, 0.29) is 0 Å². The van der Waals surface area contributed by atoms with E-state index in [1.54, 1.807) is 18.2 Å². The van der Waals surface area contributed by atoms with E-state index in [1.165, 1.54) is 6.92 Å². The van der Waals surface area contributed by atoms with Gasteiger partial charge in [0.25, 0.3) is 0 Å². The van der Waals surface area contributed by atoms with Crippen LogP contribution in [-0.4, -0.2) is 14.0 Å². The summed E-state index contributed by atoms with van der Waals surface area (Å²) < 4.78 is 12.5. The summed E-state index contributed by atoms with van der Waals surface area (Å²) in [5.41, 5.74) is 1.43. The number of hydrogen-bond donors (Lipinski definition) is 0. The van der Waals surface area contributed by atoms with Crippen LogP contribution in [0.15, 0.2) is 35.9 Å². The molecule has 0 saturated carbocycles. The molecule has 2 heteroatoms. The predicted octanol–water partition coefficient (Wildman–Crippen LogP) is 2.92. The van der Waals surface area contributed by atoms with Crippen LogP contribution >= 0.6 is 0 Å². The van der Waals surface area contributed by atoms with Gasteiger partial charge in [0.15, 0.2) is 0 Å². The first kappa shape index (κ1) is 11.2. The molecule has 0 aromatic carbocycles. The third kappa shape index (κ3) is 5.96. The number of rotatable bonds is 4. The lowest BCUT2D eigenvalue weighted by Crippen LogP contribution is -1.87. The van der Waals surface area contributed by atoms with Crippen molar-refractivity contribution in [3.63, 3.8) is 0 Å². The second kappa shape index (κ2) is 5.81. The van der Waals surface area contributed by atoms with Gasteiger partial charge in [-0.05, 0) is 25.0 Å². The lowest BCUT2D eigenvalue weighted by atomic mass is 9.96. The molecule has 0 nitrogen and oxygen atoms in total. The van der Waals surface area contributed by atoms with Gasteiger partial charge in [-0.3, -0.25) is 0 Å². The fraction of sp³-hybridized carbons (Fsp3) is 0.400. The zero-order valence-electron chi connectivity index (χ0n) is 7.68. The molecular formula is C10H14BF. The van der Waals surface area contributed by atoms with Crippen molar-refractivity contribution in [1.29, 1.82) is 0 Å². The standard InChI is InChI=1S/C10H14BF/c1-4-10(7-9(3)12)6-5-8(2)11/h5-7,9H,2,4H2,1,3H3/b6-5-,10-7-. The quantitative estimate of drug-likeness (QED) is 0.442. The SMILES string of the molecule is [B]C(=C)/C=C\C(=C/C(C)F)CC. The van der Waals surface area contributed by atoms with Crippen LogP contribution in [0.3, 0.4) is 0 Å². The molecule has 0 aliphatic heterocycles. The van der Waals surface area contributed by atoms with Crippen molar-refractivity contribution in [2.24, 2.45) is 0 Å². The highest BCUT2D eigenvalue weighted by Crippen LogP contribution is 2.06. The van der Waals surface area contributed by atoms with Gasteiger partial charge in [0.1, 0.15) is 14.0 Å². The van der Waals surface area contributed by atoms with Crippen molar-refractivity contribution in [3.8, 4) is 0 Å². The molecule has 0 N–H and O–H groups in total. The molecule has 0 heterocycles. The second-order valence-corrected chi connectivity index (χ2v) is 2.68. The van der Waals surface area contributed by atoms with Crippen molar-refractivity contribution in [1.82, 2.24) is 0 Å². The molecule has 0 spiro atoms. The normalized spacial score (nSPS) is 15.1. The molecule has 1 atom stereocenters. The third-order valence-electron chi connectivity index (χ3n) is 1.36. The van der Waals surface area contributed by atoms with E-state index in [1.807, 2.05) is 6.92 Å². The number of hydrogen-bond acceptors (Lipinski definition) is 0. The Hall–Kier alpha value is -0.785. The van der Waals surface area contributed by atoms with Gasteiger partial charge in [0.2, 0.25) is 0 Å². The third-order valence-corrected chi connectivity index (χ3v) is 1.36. The van der Waals surface area contributed by atoms with E-state index >= 15 is 0 Å². The van der Waals surface area contributed by atoms with Gasteiger partial charge < -0.3 is 0 Å². The fourth-order valence-electron chi connectivity index (χ4n) is 0.800. The molecule has 2 radical (unpaired) electrons. The minimum absolute atomic E-state index is 0.487. The van der Waals surface area contributed by atoms with Crippen LogP contribution in [-0.2, 0) is 0 Å². The summed E-state index contributed by atoms with van der Waals surface area (Å²) in [6.07, 6.45) is 4.93. The molecule has 64 valence electrons. The van der Waals surface area contributed by atoms with Gasteiger partial charge in [-0.15, -0.1) is 12.1 Å². The predicted molar refractivity (Wildman–Crippen MR) is 53.0 cm³/mol. The van der Waals surface area contributed by atoms with Crippen molar-refractivity contribution in [2.75, 3.05) is 0 Å². The molecule has 0 fully saturated rings. The Morgan fingerprint density at radius 3 is 2.50 bits per heavy atom. The van der Waals surface area contributed by atoms with E-state index < -0.39 is 6.17 Å². The van der Waals surface area contributed by atoms with Crippen molar-refractivity contribution < 1.29 is 4.39 Å². The smallest absolute Gasteiger partial charge is 0.116 e. The largest absolute Gasteiger partial charge is 0.243 e. The van der Waals surface area contributed by atoms with E-state index in [2.05, 4.69) is 6.58 Å². The minimum Gasteiger partial charge on any atom is -0.243 e. The number of halogens is 1. The van der Waals surface area contributed by atoms with Crippen molar-refractivity contribution >= 4 is 7.85 Å². The summed E-state index contributed by atoms with van der Waals surface area (Å²) in [4.78, 5) is 0. The van der Waals surface area contributed by atoms with Gasteiger partial charge >= 0.3 is 0 Å². The van der Waals surface area contributed by atoms with E-state index in [9.17, 15) is 4.39 Å². The Bertz CT molecular complexity index is 202. The molecule has 0 aromatic heterocycles. The maximum Gasteiger partial charge on any atom is 0.116 e. The summed E-state index contributed by atoms with van der Waals surface area (Å²) in [6.45, 7) is 6.98. The highest BCUT2D eigenvalue weighted by atomic mass is 19.1. The summed E-state index contributed by atoms with van der Waals surface area (Å²) >= 11 is 0. The van der Waals surface area contributed by atoms with Gasteiger partial charge in [0, 0.05) is 0 Å². The van der Waals surface area contributed by atoms with Gasteiger partial charge in [-0.2, -0.15) is 0 Å². The van der Waals surface area contributed by atoms with Crippen LogP contribution in [0.2, 0.25) is 0 Å².